The molecule has 2 rings (SSSR count). The molecular formula is C11H14N2O3S. The van der Waals surface area contributed by atoms with E-state index in [-0.39, 0.29) is 19.8 Å². The molecule has 1 aromatic heterocycles. The van der Waals surface area contributed by atoms with Gasteiger partial charge in [-0.1, -0.05) is 12.1 Å². The van der Waals surface area contributed by atoms with Crippen LogP contribution in [-0.2, 0) is 0 Å². The lowest BCUT2D eigenvalue weighted by Crippen LogP contribution is -2.49. The zero-order valence-electron chi connectivity index (χ0n) is 9.13. The molecule has 0 spiro atoms. The highest BCUT2D eigenvalue weighted by Gasteiger charge is 2.29. The molecule has 92 valence electrons. The second-order valence-corrected chi connectivity index (χ2v) is 4.68. The minimum atomic E-state index is -1.12. The zero-order valence-corrected chi connectivity index (χ0v) is 9.94. The molecule has 0 saturated heterocycles. The summed E-state index contributed by atoms with van der Waals surface area (Å²) in [5, 5.41) is 32.4. The molecule has 0 amide bonds. The Morgan fingerprint density at radius 2 is 1.76 bits per heavy atom. The van der Waals surface area contributed by atoms with Gasteiger partial charge in [0.1, 0.15) is 10.5 Å². The number of aliphatic hydroxyl groups excluding tert-OH is 3. The number of hydrogen-bond donors (Lipinski definition) is 4. The van der Waals surface area contributed by atoms with Crippen LogP contribution in [0.3, 0.4) is 0 Å². The molecule has 0 bridgehead atoms. The molecule has 0 radical (unpaired) electrons. The summed E-state index contributed by atoms with van der Waals surface area (Å²) in [7, 11) is 0. The van der Waals surface area contributed by atoms with Gasteiger partial charge in [0.25, 0.3) is 0 Å². The maximum atomic E-state index is 9.25. The highest BCUT2D eigenvalue weighted by Crippen LogP contribution is 2.29. The number of nitrogens with zero attached hydrogens (tertiary/aromatic N) is 1. The van der Waals surface area contributed by atoms with E-state index in [4.69, 9.17) is 0 Å². The molecule has 4 N–H and O–H groups in total. The van der Waals surface area contributed by atoms with Crippen molar-refractivity contribution in [3.63, 3.8) is 0 Å². The number of aromatic nitrogens is 1. The van der Waals surface area contributed by atoms with E-state index in [0.717, 1.165) is 15.9 Å². The fourth-order valence-electron chi connectivity index (χ4n) is 1.49. The maximum Gasteiger partial charge on any atom is 0.118 e. The smallest absolute Gasteiger partial charge is 0.118 e. The molecule has 0 aliphatic heterocycles. The Kier molecular flexibility index (Phi) is 3.58. The molecule has 0 unspecified atom stereocenters. The van der Waals surface area contributed by atoms with Crippen LogP contribution in [0, 0.1) is 0 Å². The van der Waals surface area contributed by atoms with E-state index in [1.807, 2.05) is 24.3 Å². The summed E-state index contributed by atoms with van der Waals surface area (Å²) in [4.78, 5) is 0. The van der Waals surface area contributed by atoms with E-state index in [1.54, 1.807) is 0 Å². The van der Waals surface area contributed by atoms with Crippen molar-refractivity contribution in [2.24, 2.45) is 0 Å². The number of benzene rings is 1. The fraction of sp³-hybridized carbons (Fsp3) is 0.364. The van der Waals surface area contributed by atoms with E-state index in [0.29, 0.717) is 0 Å². The van der Waals surface area contributed by atoms with E-state index < -0.39 is 5.54 Å². The second-order valence-electron chi connectivity index (χ2n) is 3.91. The standard InChI is InChI=1S/C11H14N2O3S/c14-5-11(6-15,7-16)12-10-8-3-1-2-4-9(8)13-17-10/h1-4,12,14-16H,5-7H2. The SMILES string of the molecule is OCC(CO)(CO)Nc1snc2ccccc12. The minimum Gasteiger partial charge on any atom is -0.394 e. The number of hydrogen-bond acceptors (Lipinski definition) is 6. The lowest BCUT2D eigenvalue weighted by Gasteiger charge is -2.28. The van der Waals surface area contributed by atoms with Gasteiger partial charge in [0, 0.05) is 5.39 Å². The molecule has 2 aromatic rings. The Morgan fingerprint density at radius 3 is 2.41 bits per heavy atom. The molecular weight excluding hydrogens is 240 g/mol. The average molecular weight is 254 g/mol. The molecule has 0 atom stereocenters. The first-order chi connectivity index (χ1) is 8.24. The van der Waals surface area contributed by atoms with Gasteiger partial charge in [-0.2, -0.15) is 4.37 Å². The number of nitrogens with one attached hydrogen (secondary N) is 1. The number of fused-ring (bicyclic) bond motifs is 1. The third kappa shape index (κ3) is 2.25. The summed E-state index contributed by atoms with van der Waals surface area (Å²) >= 11 is 1.24. The fourth-order valence-corrected chi connectivity index (χ4v) is 2.37. The van der Waals surface area contributed by atoms with Crippen molar-refractivity contribution in [2.75, 3.05) is 25.1 Å². The van der Waals surface area contributed by atoms with Crippen molar-refractivity contribution in [2.45, 2.75) is 5.54 Å². The normalized spacial score (nSPS) is 11.9. The number of aliphatic hydroxyl groups is 3. The molecule has 0 aliphatic carbocycles. The van der Waals surface area contributed by atoms with Crippen LogP contribution in [0.4, 0.5) is 5.00 Å². The Labute approximate surface area is 103 Å². The first-order valence-electron chi connectivity index (χ1n) is 5.20. The van der Waals surface area contributed by atoms with Gasteiger partial charge in [0.2, 0.25) is 0 Å². The highest BCUT2D eigenvalue weighted by atomic mass is 32.1. The van der Waals surface area contributed by atoms with Gasteiger partial charge in [0.15, 0.2) is 0 Å². The van der Waals surface area contributed by atoms with Gasteiger partial charge in [-0.15, -0.1) is 0 Å². The maximum absolute atomic E-state index is 9.25. The van der Waals surface area contributed by atoms with Crippen LogP contribution < -0.4 is 5.32 Å². The van der Waals surface area contributed by atoms with Crippen LogP contribution in [0.15, 0.2) is 24.3 Å². The molecule has 1 heterocycles. The van der Waals surface area contributed by atoms with E-state index >= 15 is 0 Å². The van der Waals surface area contributed by atoms with Gasteiger partial charge in [-0.25, -0.2) is 0 Å². The van der Waals surface area contributed by atoms with Crippen molar-refractivity contribution >= 4 is 27.4 Å². The predicted octanol–water partition coefficient (Wildman–Crippen LogP) is 0.424. The number of anilines is 1. The van der Waals surface area contributed by atoms with Crippen LogP contribution in [0.1, 0.15) is 0 Å². The zero-order chi connectivity index (χ0) is 12.3. The lowest BCUT2D eigenvalue weighted by molar-refractivity contribution is 0.0837. The summed E-state index contributed by atoms with van der Waals surface area (Å²) in [6, 6.07) is 7.57. The molecule has 0 fully saturated rings. The highest BCUT2D eigenvalue weighted by molar-refractivity contribution is 7.11. The molecule has 0 saturated carbocycles. The summed E-state index contributed by atoms with van der Waals surface area (Å²) in [5.74, 6) is 0. The lowest BCUT2D eigenvalue weighted by atomic mass is 10.0. The van der Waals surface area contributed by atoms with Crippen molar-refractivity contribution in [1.29, 1.82) is 0 Å². The van der Waals surface area contributed by atoms with Crippen LogP contribution in [0.2, 0.25) is 0 Å². The van der Waals surface area contributed by atoms with Crippen molar-refractivity contribution < 1.29 is 15.3 Å². The van der Waals surface area contributed by atoms with Crippen LogP contribution >= 0.6 is 11.5 Å². The average Bonchev–Trinajstić information content (AvgIpc) is 2.79. The van der Waals surface area contributed by atoms with E-state index in [1.165, 1.54) is 11.5 Å². The van der Waals surface area contributed by atoms with Gasteiger partial charge in [-0.05, 0) is 23.7 Å². The molecule has 1 aromatic carbocycles. The summed E-state index contributed by atoms with van der Waals surface area (Å²) in [6.45, 7) is -1.06. The van der Waals surface area contributed by atoms with Gasteiger partial charge >= 0.3 is 0 Å². The monoisotopic (exact) mass is 254 g/mol. The molecule has 0 aliphatic rings. The van der Waals surface area contributed by atoms with Crippen LogP contribution in [-0.4, -0.2) is 45.1 Å². The van der Waals surface area contributed by atoms with E-state index in [9.17, 15) is 15.3 Å². The first-order valence-corrected chi connectivity index (χ1v) is 5.97. The van der Waals surface area contributed by atoms with Crippen LogP contribution in [0.5, 0.6) is 0 Å². The predicted molar refractivity (Wildman–Crippen MR) is 67.2 cm³/mol. The van der Waals surface area contributed by atoms with Crippen molar-refractivity contribution in [3.05, 3.63) is 24.3 Å². The first kappa shape index (κ1) is 12.3. The summed E-state index contributed by atoms with van der Waals surface area (Å²) < 4.78 is 4.24. The summed E-state index contributed by atoms with van der Waals surface area (Å²) in [6.07, 6.45) is 0. The third-order valence-corrected chi connectivity index (χ3v) is 3.46. The number of rotatable bonds is 5. The van der Waals surface area contributed by atoms with Crippen molar-refractivity contribution in [3.8, 4) is 0 Å². The Bertz CT molecular complexity index is 488. The van der Waals surface area contributed by atoms with Crippen LogP contribution in [0.25, 0.3) is 10.9 Å². The second kappa shape index (κ2) is 4.97. The van der Waals surface area contributed by atoms with Gasteiger partial charge < -0.3 is 20.6 Å². The quantitative estimate of drug-likeness (QED) is 0.621. The molecule has 6 heteroatoms. The van der Waals surface area contributed by atoms with Crippen molar-refractivity contribution in [1.82, 2.24) is 4.37 Å². The van der Waals surface area contributed by atoms with Gasteiger partial charge in [0.05, 0.1) is 25.3 Å². The Hall–Kier alpha value is -1.21. The summed E-state index contributed by atoms with van der Waals surface area (Å²) in [5.41, 5.74) is -0.266. The molecule has 17 heavy (non-hydrogen) atoms. The molecule has 5 nitrogen and oxygen atoms in total. The topological polar surface area (TPSA) is 85.6 Å². The minimum absolute atomic E-state index is 0.355. The van der Waals surface area contributed by atoms with Gasteiger partial charge in [-0.3, -0.25) is 0 Å². The van der Waals surface area contributed by atoms with E-state index in [2.05, 4.69) is 9.69 Å². The Morgan fingerprint density at radius 1 is 1.12 bits per heavy atom. The Balaban J connectivity index is 2.34. The third-order valence-electron chi connectivity index (χ3n) is 2.67. The largest absolute Gasteiger partial charge is 0.394 e.